The lowest BCUT2D eigenvalue weighted by Crippen LogP contribution is -2.46. The molecule has 5 nitrogen and oxygen atoms in total. The molecule has 1 fully saturated rings. The van der Waals surface area contributed by atoms with Crippen LogP contribution in [0.2, 0.25) is 0 Å². The van der Waals surface area contributed by atoms with Crippen LogP contribution < -0.4 is 5.32 Å². The number of benzene rings is 2. The molecule has 1 aliphatic rings. The number of amides is 1. The van der Waals surface area contributed by atoms with Gasteiger partial charge in [0.15, 0.2) is 0 Å². The number of hydrogen-bond donors (Lipinski definition) is 1. The number of rotatable bonds is 7. The largest absolute Gasteiger partial charge is 0.349 e. The lowest BCUT2D eigenvalue weighted by molar-refractivity contribution is -0.127. The average Bonchev–Trinajstić information content (AvgIpc) is 2.74. The molecule has 0 aromatic heterocycles. The SMILES string of the molecule is Cc1ccc(S(=O)(=O)N2CCC[C@H](C(=O)N[C@H](CC(C)C)c3ccccc3)C2)cc1. The molecule has 0 bridgehead atoms. The molecular formula is C24H32N2O3S. The van der Waals surface area contributed by atoms with Gasteiger partial charge in [-0.05, 0) is 49.8 Å². The molecule has 1 amide bonds. The Balaban J connectivity index is 1.72. The van der Waals surface area contributed by atoms with Crippen LogP contribution in [0.4, 0.5) is 0 Å². The van der Waals surface area contributed by atoms with Gasteiger partial charge in [0.25, 0.3) is 0 Å². The summed E-state index contributed by atoms with van der Waals surface area (Å²) in [6.45, 7) is 6.88. The smallest absolute Gasteiger partial charge is 0.243 e. The molecule has 162 valence electrons. The van der Waals surface area contributed by atoms with Crippen molar-refractivity contribution >= 4 is 15.9 Å². The fraction of sp³-hybridized carbons (Fsp3) is 0.458. The fourth-order valence-electron chi connectivity index (χ4n) is 3.96. The lowest BCUT2D eigenvalue weighted by Gasteiger charge is -2.32. The van der Waals surface area contributed by atoms with Crippen LogP contribution in [0.3, 0.4) is 0 Å². The maximum absolute atomic E-state index is 13.1. The molecule has 2 atom stereocenters. The summed E-state index contributed by atoms with van der Waals surface area (Å²) >= 11 is 0. The molecule has 1 aliphatic heterocycles. The molecule has 0 aliphatic carbocycles. The number of piperidine rings is 1. The van der Waals surface area contributed by atoms with Crippen molar-refractivity contribution in [3.63, 3.8) is 0 Å². The Kier molecular flexibility index (Phi) is 7.32. The number of hydrogen-bond acceptors (Lipinski definition) is 3. The van der Waals surface area contributed by atoms with Gasteiger partial charge in [-0.25, -0.2) is 8.42 Å². The number of aryl methyl sites for hydroxylation is 1. The zero-order chi connectivity index (χ0) is 21.7. The molecule has 0 saturated carbocycles. The van der Waals surface area contributed by atoms with Crippen LogP contribution in [-0.4, -0.2) is 31.7 Å². The van der Waals surface area contributed by atoms with Gasteiger partial charge in [0, 0.05) is 13.1 Å². The van der Waals surface area contributed by atoms with Gasteiger partial charge in [-0.2, -0.15) is 4.31 Å². The number of sulfonamides is 1. The van der Waals surface area contributed by atoms with Crippen LogP contribution >= 0.6 is 0 Å². The van der Waals surface area contributed by atoms with Gasteiger partial charge in [-0.1, -0.05) is 61.9 Å². The maximum atomic E-state index is 13.1. The van der Waals surface area contributed by atoms with Gasteiger partial charge in [-0.15, -0.1) is 0 Å². The minimum atomic E-state index is -3.59. The van der Waals surface area contributed by atoms with E-state index in [0.717, 1.165) is 17.5 Å². The normalized spacial score (nSPS) is 18.9. The Morgan fingerprint density at radius 2 is 1.77 bits per heavy atom. The molecule has 2 aromatic carbocycles. The first-order valence-corrected chi connectivity index (χ1v) is 12.1. The Morgan fingerprint density at radius 1 is 1.10 bits per heavy atom. The molecule has 0 spiro atoms. The molecule has 0 radical (unpaired) electrons. The Labute approximate surface area is 180 Å². The van der Waals surface area contributed by atoms with E-state index in [-0.39, 0.29) is 29.3 Å². The zero-order valence-electron chi connectivity index (χ0n) is 18.0. The van der Waals surface area contributed by atoms with E-state index in [1.807, 2.05) is 37.3 Å². The summed E-state index contributed by atoms with van der Waals surface area (Å²) in [6.07, 6.45) is 2.23. The Morgan fingerprint density at radius 3 is 2.40 bits per heavy atom. The van der Waals surface area contributed by atoms with Gasteiger partial charge < -0.3 is 5.32 Å². The summed E-state index contributed by atoms with van der Waals surface area (Å²) in [6, 6.07) is 16.8. The van der Waals surface area contributed by atoms with Gasteiger partial charge in [-0.3, -0.25) is 4.79 Å². The second kappa shape index (κ2) is 9.75. The number of carbonyl (C=O) groups is 1. The van der Waals surface area contributed by atoms with Crippen LogP contribution in [0.1, 0.15) is 50.3 Å². The quantitative estimate of drug-likeness (QED) is 0.715. The fourth-order valence-corrected chi connectivity index (χ4v) is 5.48. The summed E-state index contributed by atoms with van der Waals surface area (Å²) < 4.78 is 27.6. The highest BCUT2D eigenvalue weighted by molar-refractivity contribution is 7.89. The molecule has 2 aromatic rings. The minimum Gasteiger partial charge on any atom is -0.349 e. The third-order valence-corrected chi connectivity index (χ3v) is 7.52. The highest BCUT2D eigenvalue weighted by Crippen LogP contribution is 2.26. The van der Waals surface area contributed by atoms with E-state index in [1.54, 1.807) is 24.3 Å². The monoisotopic (exact) mass is 428 g/mol. The predicted molar refractivity (Wildman–Crippen MR) is 119 cm³/mol. The second-order valence-corrected chi connectivity index (χ2v) is 10.6. The van der Waals surface area contributed by atoms with Crippen molar-refractivity contribution in [3.8, 4) is 0 Å². The van der Waals surface area contributed by atoms with E-state index in [9.17, 15) is 13.2 Å². The summed E-state index contributed by atoms with van der Waals surface area (Å²) in [5.74, 6) is 0.0333. The Bertz CT molecular complexity index is 940. The van der Waals surface area contributed by atoms with Gasteiger partial charge in [0.05, 0.1) is 16.9 Å². The van der Waals surface area contributed by atoms with Gasteiger partial charge in [0.1, 0.15) is 0 Å². The molecule has 1 saturated heterocycles. The highest BCUT2D eigenvalue weighted by Gasteiger charge is 2.34. The topological polar surface area (TPSA) is 66.5 Å². The van der Waals surface area contributed by atoms with Gasteiger partial charge in [0.2, 0.25) is 15.9 Å². The molecule has 3 rings (SSSR count). The molecule has 6 heteroatoms. The highest BCUT2D eigenvalue weighted by atomic mass is 32.2. The van der Waals surface area contributed by atoms with Crippen LogP contribution in [0, 0.1) is 18.8 Å². The number of nitrogens with zero attached hydrogens (tertiary/aromatic N) is 1. The molecule has 1 N–H and O–H groups in total. The molecular weight excluding hydrogens is 396 g/mol. The Hall–Kier alpha value is -2.18. The lowest BCUT2D eigenvalue weighted by atomic mass is 9.94. The summed E-state index contributed by atoms with van der Waals surface area (Å²) in [4.78, 5) is 13.4. The van der Waals surface area contributed by atoms with Crippen molar-refractivity contribution < 1.29 is 13.2 Å². The van der Waals surface area contributed by atoms with Crippen LogP contribution in [0.15, 0.2) is 59.5 Å². The molecule has 1 heterocycles. The maximum Gasteiger partial charge on any atom is 0.243 e. The second-order valence-electron chi connectivity index (χ2n) is 8.62. The van der Waals surface area contributed by atoms with E-state index < -0.39 is 10.0 Å². The van der Waals surface area contributed by atoms with Crippen molar-refractivity contribution in [2.24, 2.45) is 11.8 Å². The summed E-state index contributed by atoms with van der Waals surface area (Å²) in [5.41, 5.74) is 2.10. The van der Waals surface area contributed by atoms with E-state index in [1.165, 1.54) is 4.31 Å². The van der Waals surface area contributed by atoms with Crippen molar-refractivity contribution in [1.29, 1.82) is 0 Å². The van der Waals surface area contributed by atoms with E-state index >= 15 is 0 Å². The van der Waals surface area contributed by atoms with Crippen LogP contribution in [0.25, 0.3) is 0 Å². The van der Waals surface area contributed by atoms with E-state index in [2.05, 4.69) is 19.2 Å². The first-order valence-electron chi connectivity index (χ1n) is 10.7. The third kappa shape index (κ3) is 5.49. The molecule has 0 unspecified atom stereocenters. The minimum absolute atomic E-state index is 0.0618. The van der Waals surface area contributed by atoms with E-state index in [0.29, 0.717) is 25.3 Å². The van der Waals surface area contributed by atoms with Crippen LogP contribution in [0.5, 0.6) is 0 Å². The summed E-state index contributed by atoms with van der Waals surface area (Å²) in [5, 5.41) is 3.19. The number of carbonyl (C=O) groups excluding carboxylic acids is 1. The first-order chi connectivity index (χ1) is 14.3. The van der Waals surface area contributed by atoms with Crippen molar-refractivity contribution in [2.75, 3.05) is 13.1 Å². The zero-order valence-corrected chi connectivity index (χ0v) is 18.9. The van der Waals surface area contributed by atoms with Crippen molar-refractivity contribution in [2.45, 2.75) is 51.0 Å². The predicted octanol–water partition coefficient (Wildman–Crippen LogP) is 4.30. The number of nitrogens with one attached hydrogen (secondary N) is 1. The van der Waals surface area contributed by atoms with Gasteiger partial charge >= 0.3 is 0 Å². The van der Waals surface area contributed by atoms with Crippen LogP contribution in [-0.2, 0) is 14.8 Å². The average molecular weight is 429 g/mol. The third-order valence-electron chi connectivity index (χ3n) is 5.64. The van der Waals surface area contributed by atoms with Crippen molar-refractivity contribution in [3.05, 3.63) is 65.7 Å². The van der Waals surface area contributed by atoms with E-state index in [4.69, 9.17) is 0 Å². The molecule has 30 heavy (non-hydrogen) atoms. The van der Waals surface area contributed by atoms with Crippen molar-refractivity contribution in [1.82, 2.24) is 9.62 Å². The first kappa shape index (κ1) is 22.5. The summed E-state index contributed by atoms with van der Waals surface area (Å²) in [7, 11) is -3.59. The standard InChI is InChI=1S/C24H32N2O3S/c1-18(2)16-23(20-8-5-4-6-9-20)25-24(27)21-10-7-15-26(17-21)30(28,29)22-13-11-19(3)12-14-22/h4-6,8-9,11-14,18,21,23H,7,10,15-17H2,1-3H3,(H,25,27)/t21-,23+/m0/s1.